The summed E-state index contributed by atoms with van der Waals surface area (Å²) in [4.78, 5) is 0. The Morgan fingerprint density at radius 3 is 2.14 bits per heavy atom. The van der Waals surface area contributed by atoms with Crippen LogP contribution in [0.4, 0.5) is 0 Å². The maximum absolute atomic E-state index is 11.0. The van der Waals surface area contributed by atoms with Gasteiger partial charge in [-0.05, 0) is 37.9 Å². The fourth-order valence-electron chi connectivity index (χ4n) is 0.836. The zero-order chi connectivity index (χ0) is 11.0. The van der Waals surface area contributed by atoms with Crippen LogP contribution in [-0.4, -0.2) is 13.0 Å². The van der Waals surface area contributed by atoms with E-state index in [9.17, 15) is 8.42 Å². The second-order valence-corrected chi connectivity index (χ2v) is 9.38. The third-order valence-corrected chi connectivity index (χ3v) is 6.38. The normalized spacial score (nSPS) is 12.9. The molecule has 78 valence electrons. The summed E-state index contributed by atoms with van der Waals surface area (Å²) in [5, 5.41) is 0. The van der Waals surface area contributed by atoms with Gasteiger partial charge in [0.1, 0.15) is 0 Å². The quantitative estimate of drug-likeness (QED) is 0.603. The number of halogens is 3. The van der Waals surface area contributed by atoms with Crippen LogP contribution < -0.4 is 0 Å². The highest BCUT2D eigenvalue weighted by Gasteiger charge is 2.40. The summed E-state index contributed by atoms with van der Waals surface area (Å²) in [7, 11) is -4.27. The van der Waals surface area contributed by atoms with Crippen molar-refractivity contribution >= 4 is 57.9 Å². The van der Waals surface area contributed by atoms with Crippen LogP contribution in [0.25, 0.3) is 0 Å². The zero-order valence-electron chi connectivity index (χ0n) is 6.62. The molecule has 0 aliphatic rings. The Morgan fingerprint density at radius 1 is 1.21 bits per heavy atom. The van der Waals surface area contributed by atoms with E-state index in [-0.39, 0.29) is 0 Å². The Bertz CT molecular complexity index is 441. The molecule has 1 N–H and O–H groups in total. The van der Waals surface area contributed by atoms with E-state index in [0.29, 0.717) is 10.0 Å². The number of hydrogen-bond acceptors (Lipinski definition) is 2. The SMILES string of the molecule is O=S(=O)(O)C(Br)(Br)c1ccccc1Br. The molecule has 0 fully saturated rings. The van der Waals surface area contributed by atoms with Crippen molar-refractivity contribution in [2.24, 2.45) is 0 Å². The summed E-state index contributed by atoms with van der Waals surface area (Å²) in [6.45, 7) is 0. The van der Waals surface area contributed by atoms with E-state index in [2.05, 4.69) is 47.8 Å². The lowest BCUT2D eigenvalue weighted by Crippen LogP contribution is -2.22. The van der Waals surface area contributed by atoms with Crippen LogP contribution in [0.5, 0.6) is 0 Å². The second kappa shape index (κ2) is 4.21. The van der Waals surface area contributed by atoms with Gasteiger partial charge in [-0.15, -0.1) is 0 Å². The molecule has 0 atom stereocenters. The maximum atomic E-state index is 11.0. The van der Waals surface area contributed by atoms with Crippen LogP contribution in [0.15, 0.2) is 28.7 Å². The van der Waals surface area contributed by atoms with E-state index >= 15 is 0 Å². The number of benzene rings is 1. The van der Waals surface area contributed by atoms with Crippen molar-refractivity contribution in [3.05, 3.63) is 34.3 Å². The lowest BCUT2D eigenvalue weighted by molar-refractivity contribution is 0.479. The first kappa shape index (κ1) is 12.6. The van der Waals surface area contributed by atoms with Crippen molar-refractivity contribution in [3.8, 4) is 0 Å². The second-order valence-electron chi connectivity index (χ2n) is 2.47. The van der Waals surface area contributed by atoms with Crippen molar-refractivity contribution in [1.82, 2.24) is 0 Å². The van der Waals surface area contributed by atoms with E-state index in [1.807, 2.05) is 0 Å². The third-order valence-electron chi connectivity index (χ3n) is 1.51. The molecule has 1 aromatic carbocycles. The largest absolute Gasteiger partial charge is 0.295 e. The number of rotatable bonds is 2. The summed E-state index contributed by atoms with van der Waals surface area (Å²) in [6.07, 6.45) is 0. The molecule has 7 heteroatoms. The molecule has 0 amide bonds. The first-order valence-electron chi connectivity index (χ1n) is 3.36. The summed E-state index contributed by atoms with van der Waals surface area (Å²) in [5.74, 6) is 0. The van der Waals surface area contributed by atoms with Crippen molar-refractivity contribution in [2.75, 3.05) is 0 Å². The first-order valence-corrected chi connectivity index (χ1v) is 7.18. The molecule has 0 spiro atoms. The topological polar surface area (TPSA) is 54.4 Å². The first-order chi connectivity index (χ1) is 6.27. The van der Waals surface area contributed by atoms with Gasteiger partial charge in [0.2, 0.25) is 2.57 Å². The van der Waals surface area contributed by atoms with Crippen LogP contribution in [-0.2, 0) is 12.7 Å². The van der Waals surface area contributed by atoms with Gasteiger partial charge in [-0.25, -0.2) is 0 Å². The van der Waals surface area contributed by atoms with Crippen LogP contribution in [0.2, 0.25) is 0 Å². The highest BCUT2D eigenvalue weighted by molar-refractivity contribution is 9.27. The average molecular weight is 409 g/mol. The molecule has 1 rings (SSSR count). The summed E-state index contributed by atoms with van der Waals surface area (Å²) in [6, 6.07) is 6.66. The molecule has 14 heavy (non-hydrogen) atoms. The van der Waals surface area contributed by atoms with Gasteiger partial charge in [0, 0.05) is 10.0 Å². The number of hydrogen-bond donors (Lipinski definition) is 1. The lowest BCUT2D eigenvalue weighted by atomic mass is 10.2. The molecular formula is C7H5Br3O3S. The molecule has 0 radical (unpaired) electrons. The molecule has 0 saturated carbocycles. The summed E-state index contributed by atoms with van der Waals surface area (Å²) in [5.41, 5.74) is 0.377. The Morgan fingerprint density at radius 2 is 1.71 bits per heavy atom. The van der Waals surface area contributed by atoms with Crippen molar-refractivity contribution in [3.63, 3.8) is 0 Å². The Balaban J connectivity index is 3.38. The van der Waals surface area contributed by atoms with Gasteiger partial charge in [0.05, 0.1) is 0 Å². The summed E-state index contributed by atoms with van der Waals surface area (Å²) < 4.78 is 30.0. The van der Waals surface area contributed by atoms with Gasteiger partial charge in [0.15, 0.2) is 0 Å². The molecule has 3 nitrogen and oxygen atoms in total. The minimum absolute atomic E-state index is 0.377. The van der Waals surface area contributed by atoms with Gasteiger partial charge in [-0.1, -0.05) is 34.1 Å². The van der Waals surface area contributed by atoms with Gasteiger partial charge in [-0.3, -0.25) is 4.55 Å². The Labute approximate surface area is 107 Å². The highest BCUT2D eigenvalue weighted by atomic mass is 79.9. The molecule has 0 heterocycles. The average Bonchev–Trinajstić information content (AvgIpc) is 2.02. The predicted octanol–water partition coefficient (Wildman–Crippen LogP) is 3.24. The zero-order valence-corrected chi connectivity index (χ0v) is 12.2. The van der Waals surface area contributed by atoms with Crippen LogP contribution in [0, 0.1) is 0 Å². The third kappa shape index (κ3) is 2.38. The fraction of sp³-hybridized carbons (Fsp3) is 0.143. The molecule has 0 bridgehead atoms. The van der Waals surface area contributed by atoms with Crippen LogP contribution >= 0.6 is 47.8 Å². The minimum atomic E-state index is -4.27. The standard InChI is InChI=1S/C7H5Br3O3S/c8-6-4-2-1-3-5(6)7(9,10)14(11,12)13/h1-4H,(H,11,12,13). The number of alkyl halides is 2. The molecular weight excluding hydrogens is 404 g/mol. The molecule has 1 aromatic rings. The van der Waals surface area contributed by atoms with Crippen molar-refractivity contribution in [2.45, 2.75) is 2.57 Å². The molecule has 0 aliphatic carbocycles. The highest BCUT2D eigenvalue weighted by Crippen LogP contribution is 2.45. The van der Waals surface area contributed by atoms with E-state index in [1.165, 1.54) is 0 Å². The molecule has 0 saturated heterocycles. The van der Waals surface area contributed by atoms with E-state index in [4.69, 9.17) is 4.55 Å². The maximum Gasteiger partial charge on any atom is 0.295 e. The predicted molar refractivity (Wildman–Crippen MR) is 65.2 cm³/mol. The van der Waals surface area contributed by atoms with Gasteiger partial charge < -0.3 is 0 Å². The summed E-state index contributed by atoms with van der Waals surface area (Å²) >= 11 is 9.01. The smallest absolute Gasteiger partial charge is 0.284 e. The Hall–Kier alpha value is 0.570. The van der Waals surface area contributed by atoms with Crippen LogP contribution in [0.3, 0.4) is 0 Å². The molecule has 0 aliphatic heterocycles. The lowest BCUT2D eigenvalue weighted by Gasteiger charge is -2.18. The van der Waals surface area contributed by atoms with E-state index in [1.54, 1.807) is 24.3 Å². The fourth-order valence-corrected chi connectivity index (χ4v) is 3.23. The van der Waals surface area contributed by atoms with Crippen LogP contribution in [0.1, 0.15) is 5.56 Å². The van der Waals surface area contributed by atoms with Crippen molar-refractivity contribution in [1.29, 1.82) is 0 Å². The van der Waals surface area contributed by atoms with Crippen molar-refractivity contribution < 1.29 is 13.0 Å². The van der Waals surface area contributed by atoms with Gasteiger partial charge in [-0.2, -0.15) is 8.42 Å². The Kier molecular flexibility index (Phi) is 3.80. The van der Waals surface area contributed by atoms with Gasteiger partial charge >= 0.3 is 0 Å². The van der Waals surface area contributed by atoms with Gasteiger partial charge in [0.25, 0.3) is 10.1 Å². The molecule has 0 aromatic heterocycles. The molecule has 0 unspecified atom stereocenters. The van der Waals surface area contributed by atoms with E-state index < -0.39 is 12.7 Å². The minimum Gasteiger partial charge on any atom is -0.284 e. The monoisotopic (exact) mass is 406 g/mol. The van der Waals surface area contributed by atoms with E-state index in [0.717, 1.165) is 0 Å².